The predicted octanol–water partition coefficient (Wildman–Crippen LogP) is 2.13. The molecule has 6 nitrogen and oxygen atoms in total. The molecule has 1 aliphatic rings. The number of benzene rings is 1. The maximum absolute atomic E-state index is 13.5. The number of carbonyl (C=O) groups is 2. The van der Waals surface area contributed by atoms with Crippen LogP contribution in [0.15, 0.2) is 18.2 Å². The van der Waals surface area contributed by atoms with Gasteiger partial charge in [-0.15, -0.1) is 0 Å². The first-order chi connectivity index (χ1) is 9.43. The third-order valence-electron chi connectivity index (χ3n) is 3.42. The Labute approximate surface area is 114 Å². The maximum atomic E-state index is 13.5. The third kappa shape index (κ3) is 2.52. The zero-order chi connectivity index (χ0) is 14.9. The van der Waals surface area contributed by atoms with Crippen LogP contribution in [-0.4, -0.2) is 28.2 Å². The Morgan fingerprint density at radius 3 is 2.75 bits per heavy atom. The van der Waals surface area contributed by atoms with Crippen LogP contribution in [0.4, 0.5) is 10.1 Å². The van der Waals surface area contributed by atoms with Gasteiger partial charge in [0.15, 0.2) is 0 Å². The van der Waals surface area contributed by atoms with Crippen molar-refractivity contribution in [1.82, 2.24) is 4.90 Å². The van der Waals surface area contributed by atoms with Gasteiger partial charge in [-0.25, -0.2) is 0 Å². The lowest BCUT2D eigenvalue weighted by Gasteiger charge is -2.14. The topological polar surface area (TPSA) is 80.5 Å². The molecule has 0 N–H and O–H groups in total. The smallest absolute Gasteiger partial charge is 0.278 e. The predicted molar refractivity (Wildman–Crippen MR) is 67.5 cm³/mol. The van der Waals surface area contributed by atoms with Gasteiger partial charge in [0, 0.05) is 24.6 Å². The van der Waals surface area contributed by atoms with E-state index in [2.05, 4.69) is 0 Å². The molecule has 0 bridgehead atoms. The SMILES string of the molecule is CCC1CC(=O)N(C(=O)c2ccc([N+](=O)[O-])c(F)c2)C1. The van der Waals surface area contributed by atoms with Crippen LogP contribution in [0.2, 0.25) is 0 Å². The molecule has 1 unspecified atom stereocenters. The molecule has 1 heterocycles. The summed E-state index contributed by atoms with van der Waals surface area (Å²) < 4.78 is 13.5. The van der Waals surface area contributed by atoms with Crippen molar-refractivity contribution in [3.63, 3.8) is 0 Å². The molecule has 1 saturated heterocycles. The zero-order valence-electron chi connectivity index (χ0n) is 10.8. The molecule has 0 aliphatic carbocycles. The van der Waals surface area contributed by atoms with E-state index >= 15 is 0 Å². The number of nitro groups is 1. The minimum absolute atomic E-state index is 0.0572. The highest BCUT2D eigenvalue weighted by Gasteiger charge is 2.33. The van der Waals surface area contributed by atoms with E-state index in [1.807, 2.05) is 6.92 Å². The van der Waals surface area contributed by atoms with Crippen molar-refractivity contribution >= 4 is 17.5 Å². The van der Waals surface area contributed by atoms with E-state index in [1.165, 1.54) is 0 Å². The second kappa shape index (κ2) is 5.36. The summed E-state index contributed by atoms with van der Waals surface area (Å²) in [6.45, 7) is 2.24. The van der Waals surface area contributed by atoms with Crippen LogP contribution in [0, 0.1) is 21.8 Å². The number of hydrogen-bond donors (Lipinski definition) is 0. The molecular formula is C13H13FN2O4. The molecule has 0 spiro atoms. The molecule has 1 fully saturated rings. The lowest BCUT2D eigenvalue weighted by atomic mass is 10.1. The lowest BCUT2D eigenvalue weighted by molar-refractivity contribution is -0.387. The van der Waals surface area contributed by atoms with Crippen LogP contribution in [0.5, 0.6) is 0 Å². The van der Waals surface area contributed by atoms with E-state index in [4.69, 9.17) is 0 Å². The van der Waals surface area contributed by atoms with Crippen molar-refractivity contribution in [2.24, 2.45) is 5.92 Å². The summed E-state index contributed by atoms with van der Waals surface area (Å²) in [6.07, 6.45) is 1.09. The lowest BCUT2D eigenvalue weighted by Crippen LogP contribution is -2.32. The molecule has 1 aliphatic heterocycles. The first-order valence-corrected chi connectivity index (χ1v) is 6.22. The van der Waals surface area contributed by atoms with Crippen molar-refractivity contribution < 1.29 is 18.9 Å². The first kappa shape index (κ1) is 14.1. The van der Waals surface area contributed by atoms with Crippen molar-refractivity contribution in [3.05, 3.63) is 39.7 Å². The number of halogens is 1. The summed E-state index contributed by atoms with van der Waals surface area (Å²) in [7, 11) is 0. The van der Waals surface area contributed by atoms with Crippen molar-refractivity contribution in [2.75, 3.05) is 6.54 Å². The highest BCUT2D eigenvalue weighted by Crippen LogP contribution is 2.24. The molecule has 106 valence electrons. The van der Waals surface area contributed by atoms with Gasteiger partial charge in [-0.2, -0.15) is 4.39 Å². The molecular weight excluding hydrogens is 267 g/mol. The third-order valence-corrected chi connectivity index (χ3v) is 3.42. The Balaban J connectivity index is 2.24. The molecule has 7 heteroatoms. The highest BCUT2D eigenvalue weighted by atomic mass is 19.1. The molecule has 2 amide bonds. The van der Waals surface area contributed by atoms with E-state index in [0.29, 0.717) is 13.0 Å². The minimum atomic E-state index is -1.08. The Morgan fingerprint density at radius 2 is 2.25 bits per heavy atom. The highest BCUT2D eigenvalue weighted by molar-refractivity contribution is 6.05. The Hall–Kier alpha value is -2.31. The van der Waals surface area contributed by atoms with E-state index in [1.54, 1.807) is 0 Å². The number of carbonyl (C=O) groups excluding carboxylic acids is 2. The molecule has 1 atom stereocenters. The number of rotatable bonds is 3. The van der Waals surface area contributed by atoms with Crippen LogP contribution in [0.3, 0.4) is 0 Å². The van der Waals surface area contributed by atoms with Gasteiger partial charge in [-0.05, 0) is 18.1 Å². The standard InChI is InChI=1S/C13H13FN2O4/c1-2-8-5-12(17)15(7-8)13(18)9-3-4-11(16(19)20)10(14)6-9/h3-4,6,8H,2,5,7H2,1H3. The molecule has 0 saturated carbocycles. The molecule has 20 heavy (non-hydrogen) atoms. The molecule has 0 radical (unpaired) electrons. The monoisotopic (exact) mass is 280 g/mol. The summed E-state index contributed by atoms with van der Waals surface area (Å²) in [6, 6.07) is 2.89. The van der Waals surface area contributed by atoms with Gasteiger partial charge in [0.25, 0.3) is 5.91 Å². The summed E-state index contributed by atoms with van der Waals surface area (Å²) in [5, 5.41) is 10.5. The molecule has 1 aromatic carbocycles. The largest absolute Gasteiger partial charge is 0.304 e. The fraction of sp³-hybridized carbons (Fsp3) is 0.385. The molecule has 1 aromatic rings. The Morgan fingerprint density at radius 1 is 1.55 bits per heavy atom. The maximum Gasteiger partial charge on any atom is 0.304 e. The molecule has 0 aromatic heterocycles. The van der Waals surface area contributed by atoms with E-state index < -0.39 is 22.3 Å². The zero-order valence-corrected chi connectivity index (χ0v) is 10.8. The van der Waals surface area contributed by atoms with E-state index in [0.717, 1.165) is 29.5 Å². The van der Waals surface area contributed by atoms with Gasteiger partial charge >= 0.3 is 5.69 Å². The number of imide groups is 1. The average Bonchev–Trinajstić information content (AvgIpc) is 2.78. The van der Waals surface area contributed by atoms with Gasteiger partial charge in [0.2, 0.25) is 11.7 Å². The van der Waals surface area contributed by atoms with Gasteiger partial charge in [-0.1, -0.05) is 13.3 Å². The second-order valence-electron chi connectivity index (χ2n) is 4.71. The van der Waals surface area contributed by atoms with Crippen molar-refractivity contribution in [1.29, 1.82) is 0 Å². The van der Waals surface area contributed by atoms with Crippen LogP contribution >= 0.6 is 0 Å². The van der Waals surface area contributed by atoms with Crippen LogP contribution in [-0.2, 0) is 4.79 Å². The number of amides is 2. The summed E-state index contributed by atoms with van der Waals surface area (Å²) in [4.78, 5) is 34.6. The quantitative estimate of drug-likeness (QED) is 0.482. The van der Waals surface area contributed by atoms with E-state index in [-0.39, 0.29) is 17.4 Å². The first-order valence-electron chi connectivity index (χ1n) is 6.22. The Kier molecular flexibility index (Phi) is 3.78. The van der Waals surface area contributed by atoms with Crippen LogP contribution in [0.25, 0.3) is 0 Å². The fourth-order valence-corrected chi connectivity index (χ4v) is 2.20. The van der Waals surface area contributed by atoms with Crippen molar-refractivity contribution in [3.8, 4) is 0 Å². The Bertz CT molecular complexity index is 588. The normalized spacial score (nSPS) is 18.4. The summed E-state index contributed by atoms with van der Waals surface area (Å²) in [5.41, 5.74) is -0.751. The summed E-state index contributed by atoms with van der Waals surface area (Å²) in [5.74, 6) is -1.87. The minimum Gasteiger partial charge on any atom is -0.278 e. The van der Waals surface area contributed by atoms with Gasteiger partial charge in [0.1, 0.15) is 0 Å². The van der Waals surface area contributed by atoms with Gasteiger partial charge in [-0.3, -0.25) is 24.6 Å². The fourth-order valence-electron chi connectivity index (χ4n) is 2.20. The van der Waals surface area contributed by atoms with E-state index in [9.17, 15) is 24.1 Å². The number of nitrogens with zero attached hydrogens (tertiary/aromatic N) is 2. The van der Waals surface area contributed by atoms with Crippen LogP contribution in [0.1, 0.15) is 30.1 Å². The number of hydrogen-bond acceptors (Lipinski definition) is 4. The van der Waals surface area contributed by atoms with Gasteiger partial charge < -0.3 is 0 Å². The van der Waals surface area contributed by atoms with Gasteiger partial charge in [0.05, 0.1) is 4.92 Å². The summed E-state index contributed by atoms with van der Waals surface area (Å²) >= 11 is 0. The average molecular weight is 280 g/mol. The second-order valence-corrected chi connectivity index (χ2v) is 4.71. The van der Waals surface area contributed by atoms with Crippen molar-refractivity contribution in [2.45, 2.75) is 19.8 Å². The number of likely N-dealkylation sites (tertiary alicyclic amines) is 1. The molecule has 2 rings (SSSR count). The number of nitro benzene ring substituents is 1. The van der Waals surface area contributed by atoms with Crippen LogP contribution < -0.4 is 0 Å².